The van der Waals surface area contributed by atoms with Gasteiger partial charge in [0.15, 0.2) is 0 Å². The average Bonchev–Trinajstić information content (AvgIpc) is 3.15. The number of aryl methyl sites for hydroxylation is 1. The zero-order valence-corrected chi connectivity index (χ0v) is 15.8. The summed E-state index contributed by atoms with van der Waals surface area (Å²) in [6, 6.07) is 12.6. The highest BCUT2D eigenvalue weighted by molar-refractivity contribution is 6.31. The lowest BCUT2D eigenvalue weighted by molar-refractivity contribution is -0.119. The summed E-state index contributed by atoms with van der Waals surface area (Å²) in [6.45, 7) is 4.54. The fourth-order valence-corrected chi connectivity index (χ4v) is 3.46. The van der Waals surface area contributed by atoms with Gasteiger partial charge in [-0.25, -0.2) is 0 Å². The van der Waals surface area contributed by atoms with Crippen molar-refractivity contribution in [2.75, 3.05) is 11.9 Å². The van der Waals surface area contributed by atoms with Gasteiger partial charge in [-0.05, 0) is 61.6 Å². The Morgan fingerprint density at radius 1 is 1.19 bits per heavy atom. The zero-order valence-electron chi connectivity index (χ0n) is 15.1. The van der Waals surface area contributed by atoms with Crippen molar-refractivity contribution in [2.24, 2.45) is 0 Å². The topological polar surface area (TPSA) is 49.4 Å². The molecule has 5 heteroatoms. The van der Waals surface area contributed by atoms with Crippen LogP contribution in [0.1, 0.15) is 41.3 Å². The Bertz CT molecular complexity index is 817. The van der Waals surface area contributed by atoms with Crippen LogP contribution in [0.25, 0.3) is 0 Å². The van der Waals surface area contributed by atoms with Crippen molar-refractivity contribution in [3.63, 3.8) is 0 Å². The van der Waals surface area contributed by atoms with Crippen molar-refractivity contribution in [1.82, 2.24) is 4.90 Å². The van der Waals surface area contributed by atoms with Gasteiger partial charge in [0.2, 0.25) is 5.91 Å². The van der Waals surface area contributed by atoms with Crippen molar-refractivity contribution < 1.29 is 9.59 Å². The van der Waals surface area contributed by atoms with E-state index in [1.54, 1.807) is 17.0 Å². The first-order valence-electron chi connectivity index (χ1n) is 8.97. The molecule has 0 radical (unpaired) electrons. The molecule has 1 N–H and O–H groups in total. The number of nitrogens with zero attached hydrogens (tertiary/aromatic N) is 1. The standard InChI is InChI=1S/C21H23ClN2O2/c1-3-15-9-11-16(12-10-15)21(26)24-13-5-8-19(24)20(25)23-18-7-4-6-17(22)14(18)2/h4,6-7,9-12,19H,3,5,8,13H2,1-2H3,(H,23,25)/t19-/m1/s1. The van der Waals surface area contributed by atoms with E-state index < -0.39 is 6.04 Å². The van der Waals surface area contributed by atoms with Gasteiger partial charge in [-0.1, -0.05) is 36.7 Å². The minimum atomic E-state index is -0.452. The summed E-state index contributed by atoms with van der Waals surface area (Å²) < 4.78 is 0. The Hall–Kier alpha value is -2.33. The molecule has 1 saturated heterocycles. The van der Waals surface area contributed by atoms with Crippen LogP contribution in [0.2, 0.25) is 5.02 Å². The number of amides is 2. The number of carbonyl (C=O) groups excluding carboxylic acids is 2. The molecule has 3 rings (SSSR count). The first-order valence-corrected chi connectivity index (χ1v) is 9.35. The number of nitrogens with one attached hydrogen (secondary N) is 1. The quantitative estimate of drug-likeness (QED) is 0.864. The molecule has 2 aromatic rings. The molecular weight excluding hydrogens is 348 g/mol. The molecule has 0 saturated carbocycles. The number of carbonyl (C=O) groups is 2. The Kier molecular flexibility index (Phi) is 5.62. The van der Waals surface area contributed by atoms with E-state index in [0.29, 0.717) is 29.2 Å². The SMILES string of the molecule is CCc1ccc(C(=O)N2CCC[C@@H]2C(=O)Nc2cccc(Cl)c2C)cc1. The van der Waals surface area contributed by atoms with Crippen LogP contribution < -0.4 is 5.32 Å². The fourth-order valence-electron chi connectivity index (χ4n) is 3.29. The second-order valence-corrected chi connectivity index (χ2v) is 7.02. The highest BCUT2D eigenvalue weighted by atomic mass is 35.5. The van der Waals surface area contributed by atoms with E-state index in [0.717, 1.165) is 18.4 Å². The molecular formula is C21H23ClN2O2. The van der Waals surface area contributed by atoms with Gasteiger partial charge >= 0.3 is 0 Å². The number of hydrogen-bond donors (Lipinski definition) is 1. The van der Waals surface area contributed by atoms with Crippen LogP contribution in [-0.2, 0) is 11.2 Å². The van der Waals surface area contributed by atoms with Gasteiger partial charge in [0.05, 0.1) is 0 Å². The lowest BCUT2D eigenvalue weighted by Crippen LogP contribution is -2.43. The minimum Gasteiger partial charge on any atom is -0.327 e. The van der Waals surface area contributed by atoms with Gasteiger partial charge < -0.3 is 10.2 Å². The number of rotatable bonds is 4. The minimum absolute atomic E-state index is 0.0897. The summed E-state index contributed by atoms with van der Waals surface area (Å²) in [4.78, 5) is 27.3. The van der Waals surface area contributed by atoms with Gasteiger partial charge in [-0.2, -0.15) is 0 Å². The molecule has 0 unspecified atom stereocenters. The molecule has 1 atom stereocenters. The number of likely N-dealkylation sites (tertiary alicyclic amines) is 1. The molecule has 136 valence electrons. The van der Waals surface area contributed by atoms with Gasteiger partial charge in [0.1, 0.15) is 6.04 Å². The summed E-state index contributed by atoms with van der Waals surface area (Å²) in [6.07, 6.45) is 2.43. The third-order valence-electron chi connectivity index (χ3n) is 4.95. The summed E-state index contributed by atoms with van der Waals surface area (Å²) in [7, 11) is 0. The van der Waals surface area contributed by atoms with Crippen LogP contribution in [0.3, 0.4) is 0 Å². The predicted molar refractivity (Wildman–Crippen MR) is 105 cm³/mol. The number of hydrogen-bond acceptors (Lipinski definition) is 2. The third kappa shape index (κ3) is 3.75. The van der Waals surface area contributed by atoms with Crippen molar-refractivity contribution in [3.05, 3.63) is 64.2 Å². The van der Waals surface area contributed by atoms with Crippen molar-refractivity contribution in [2.45, 2.75) is 39.2 Å². The largest absolute Gasteiger partial charge is 0.327 e. The predicted octanol–water partition coefficient (Wildman–Crippen LogP) is 4.45. The van der Waals surface area contributed by atoms with Crippen molar-refractivity contribution in [3.8, 4) is 0 Å². The van der Waals surface area contributed by atoms with Crippen molar-refractivity contribution >= 4 is 29.1 Å². The van der Waals surface area contributed by atoms with E-state index >= 15 is 0 Å². The molecule has 2 aromatic carbocycles. The van der Waals surface area contributed by atoms with Crippen LogP contribution in [0.4, 0.5) is 5.69 Å². The number of benzene rings is 2. The van der Waals surface area contributed by atoms with E-state index in [2.05, 4.69) is 12.2 Å². The molecule has 1 aliphatic rings. The zero-order chi connectivity index (χ0) is 18.7. The van der Waals surface area contributed by atoms with Crippen LogP contribution in [0.5, 0.6) is 0 Å². The van der Waals surface area contributed by atoms with Crippen LogP contribution in [0.15, 0.2) is 42.5 Å². The molecule has 26 heavy (non-hydrogen) atoms. The molecule has 0 spiro atoms. The Balaban J connectivity index is 1.75. The average molecular weight is 371 g/mol. The van der Waals surface area contributed by atoms with Gasteiger partial charge in [0, 0.05) is 22.8 Å². The molecule has 2 amide bonds. The van der Waals surface area contributed by atoms with E-state index in [9.17, 15) is 9.59 Å². The first-order chi connectivity index (χ1) is 12.5. The molecule has 0 bridgehead atoms. The molecule has 0 aromatic heterocycles. The second kappa shape index (κ2) is 7.92. The maximum atomic E-state index is 12.9. The maximum absolute atomic E-state index is 12.9. The van der Waals surface area contributed by atoms with E-state index in [4.69, 9.17) is 11.6 Å². The summed E-state index contributed by atoms with van der Waals surface area (Å²) in [5, 5.41) is 3.54. The van der Waals surface area contributed by atoms with Crippen molar-refractivity contribution in [1.29, 1.82) is 0 Å². The number of halogens is 1. The Morgan fingerprint density at radius 3 is 2.62 bits per heavy atom. The lowest BCUT2D eigenvalue weighted by atomic mass is 10.1. The van der Waals surface area contributed by atoms with Crippen LogP contribution >= 0.6 is 11.6 Å². The molecule has 1 heterocycles. The van der Waals surface area contributed by atoms with Gasteiger partial charge in [-0.3, -0.25) is 9.59 Å². The van der Waals surface area contributed by atoms with E-state index in [-0.39, 0.29) is 11.8 Å². The normalized spacial score (nSPS) is 16.6. The first kappa shape index (κ1) is 18.5. The van der Waals surface area contributed by atoms with Gasteiger partial charge in [-0.15, -0.1) is 0 Å². The fraction of sp³-hybridized carbons (Fsp3) is 0.333. The van der Waals surface area contributed by atoms with Crippen LogP contribution in [-0.4, -0.2) is 29.3 Å². The summed E-state index contributed by atoms with van der Waals surface area (Å²) in [5.41, 5.74) is 3.33. The van der Waals surface area contributed by atoms with Gasteiger partial charge in [0.25, 0.3) is 5.91 Å². The summed E-state index contributed by atoms with van der Waals surface area (Å²) in [5.74, 6) is -0.250. The maximum Gasteiger partial charge on any atom is 0.254 e. The lowest BCUT2D eigenvalue weighted by Gasteiger charge is -2.24. The van der Waals surface area contributed by atoms with E-state index in [1.807, 2.05) is 37.3 Å². The smallest absolute Gasteiger partial charge is 0.254 e. The Morgan fingerprint density at radius 2 is 1.92 bits per heavy atom. The highest BCUT2D eigenvalue weighted by Crippen LogP contribution is 2.26. The molecule has 0 aliphatic carbocycles. The second-order valence-electron chi connectivity index (χ2n) is 6.61. The summed E-state index contributed by atoms with van der Waals surface area (Å²) >= 11 is 6.12. The number of anilines is 1. The molecule has 1 fully saturated rings. The molecule has 1 aliphatic heterocycles. The van der Waals surface area contributed by atoms with E-state index in [1.165, 1.54) is 5.56 Å². The molecule has 4 nitrogen and oxygen atoms in total. The van der Waals surface area contributed by atoms with Crippen LogP contribution in [0, 0.1) is 6.92 Å². The Labute approximate surface area is 159 Å². The highest BCUT2D eigenvalue weighted by Gasteiger charge is 2.34. The third-order valence-corrected chi connectivity index (χ3v) is 5.36. The monoisotopic (exact) mass is 370 g/mol.